The molecule has 0 spiro atoms. The Morgan fingerprint density at radius 3 is 2.91 bits per heavy atom. The van der Waals surface area contributed by atoms with E-state index in [0.29, 0.717) is 6.54 Å². The summed E-state index contributed by atoms with van der Waals surface area (Å²) >= 11 is 0. The van der Waals surface area contributed by atoms with E-state index < -0.39 is 5.41 Å². The molecule has 0 aromatic heterocycles. The number of ether oxygens (including phenoxy) is 1. The van der Waals surface area contributed by atoms with Crippen molar-refractivity contribution in [2.24, 2.45) is 5.41 Å². The van der Waals surface area contributed by atoms with Crippen LogP contribution in [0.4, 0.5) is 0 Å². The molecule has 0 saturated carbocycles. The summed E-state index contributed by atoms with van der Waals surface area (Å²) in [7, 11) is 1.41. The number of esters is 1. The van der Waals surface area contributed by atoms with Crippen LogP contribution in [-0.2, 0) is 9.53 Å². The molecule has 62 valence electrons. The summed E-state index contributed by atoms with van der Waals surface area (Å²) in [5, 5.41) is 3.11. The van der Waals surface area contributed by atoms with Crippen molar-refractivity contribution in [2.45, 2.75) is 6.42 Å². The Bertz CT molecular complexity index is 171. The molecule has 0 aromatic carbocycles. The first kappa shape index (κ1) is 8.27. The van der Waals surface area contributed by atoms with Gasteiger partial charge in [-0.05, 0) is 13.0 Å². The molecule has 1 saturated heterocycles. The highest BCUT2D eigenvalue weighted by molar-refractivity contribution is 5.79. The molecule has 1 unspecified atom stereocenters. The quantitative estimate of drug-likeness (QED) is 0.461. The van der Waals surface area contributed by atoms with E-state index in [1.807, 2.05) is 0 Å². The van der Waals surface area contributed by atoms with Crippen LogP contribution in [0.5, 0.6) is 0 Å². The fourth-order valence-corrected chi connectivity index (χ4v) is 1.35. The zero-order valence-electron chi connectivity index (χ0n) is 6.72. The largest absolute Gasteiger partial charge is 0.468 e. The molecule has 1 aliphatic rings. The average Bonchev–Trinajstić information content (AvgIpc) is 2.52. The van der Waals surface area contributed by atoms with Crippen molar-refractivity contribution in [3.8, 4) is 0 Å². The van der Waals surface area contributed by atoms with Crippen molar-refractivity contribution in [1.29, 1.82) is 0 Å². The molecule has 0 radical (unpaired) electrons. The van der Waals surface area contributed by atoms with Crippen LogP contribution in [0.2, 0.25) is 0 Å². The highest BCUT2D eigenvalue weighted by atomic mass is 16.5. The number of methoxy groups -OCH3 is 1. The van der Waals surface area contributed by atoms with Crippen molar-refractivity contribution >= 4 is 5.97 Å². The number of hydrogen-bond acceptors (Lipinski definition) is 3. The number of rotatable bonds is 2. The molecule has 0 aromatic rings. The zero-order valence-corrected chi connectivity index (χ0v) is 6.72. The predicted molar refractivity (Wildman–Crippen MR) is 42.1 cm³/mol. The first-order valence-electron chi connectivity index (χ1n) is 3.68. The Balaban J connectivity index is 2.74. The first-order chi connectivity index (χ1) is 5.25. The molecule has 3 nitrogen and oxygen atoms in total. The molecule has 0 aliphatic carbocycles. The van der Waals surface area contributed by atoms with Gasteiger partial charge < -0.3 is 10.1 Å². The second-order valence-electron chi connectivity index (χ2n) is 2.78. The minimum absolute atomic E-state index is 0.183. The summed E-state index contributed by atoms with van der Waals surface area (Å²) in [6.07, 6.45) is 2.47. The predicted octanol–water partition coefficient (Wildman–Crippen LogP) is 0.325. The number of carbonyl (C=O) groups excluding carboxylic acids is 1. The molecule has 1 rings (SSSR count). The van der Waals surface area contributed by atoms with Crippen molar-refractivity contribution in [3.63, 3.8) is 0 Å². The highest BCUT2D eigenvalue weighted by Gasteiger charge is 2.39. The lowest BCUT2D eigenvalue weighted by Gasteiger charge is -2.19. The molecular formula is C8H13NO2. The Kier molecular flexibility index (Phi) is 2.29. The number of carbonyl (C=O) groups is 1. The molecule has 1 aliphatic heterocycles. The lowest BCUT2D eigenvalue weighted by atomic mass is 9.88. The molecule has 1 fully saturated rings. The van der Waals surface area contributed by atoms with Crippen LogP contribution in [0.25, 0.3) is 0 Å². The van der Waals surface area contributed by atoms with Gasteiger partial charge in [-0.2, -0.15) is 0 Å². The Labute approximate surface area is 66.4 Å². The van der Waals surface area contributed by atoms with E-state index in [-0.39, 0.29) is 5.97 Å². The summed E-state index contributed by atoms with van der Waals surface area (Å²) in [5.41, 5.74) is -0.464. The Morgan fingerprint density at radius 2 is 2.55 bits per heavy atom. The minimum atomic E-state index is -0.464. The van der Waals surface area contributed by atoms with Gasteiger partial charge in [0, 0.05) is 6.54 Å². The molecule has 0 bridgehead atoms. The lowest BCUT2D eigenvalue weighted by Crippen LogP contribution is -2.32. The maximum absolute atomic E-state index is 11.2. The van der Waals surface area contributed by atoms with Crippen molar-refractivity contribution in [2.75, 3.05) is 20.2 Å². The molecule has 3 heteroatoms. The third-order valence-electron chi connectivity index (χ3n) is 2.17. The summed E-state index contributed by atoms with van der Waals surface area (Å²) in [6, 6.07) is 0. The van der Waals surface area contributed by atoms with Crippen molar-refractivity contribution in [3.05, 3.63) is 12.7 Å². The fourth-order valence-electron chi connectivity index (χ4n) is 1.35. The van der Waals surface area contributed by atoms with Crippen LogP contribution in [0, 0.1) is 5.41 Å². The van der Waals surface area contributed by atoms with E-state index in [1.54, 1.807) is 6.08 Å². The summed E-state index contributed by atoms with van der Waals surface area (Å²) in [5.74, 6) is -0.183. The van der Waals surface area contributed by atoms with E-state index in [1.165, 1.54) is 7.11 Å². The normalized spacial score (nSPS) is 29.9. The monoisotopic (exact) mass is 155 g/mol. The van der Waals surface area contributed by atoms with Crippen LogP contribution in [0.1, 0.15) is 6.42 Å². The van der Waals surface area contributed by atoms with E-state index in [9.17, 15) is 4.79 Å². The molecule has 1 atom stereocenters. The second-order valence-corrected chi connectivity index (χ2v) is 2.78. The summed E-state index contributed by atoms with van der Waals surface area (Å²) < 4.78 is 4.68. The van der Waals surface area contributed by atoms with E-state index >= 15 is 0 Å². The second kappa shape index (κ2) is 3.05. The van der Waals surface area contributed by atoms with Crippen LogP contribution < -0.4 is 5.32 Å². The molecule has 1 heterocycles. The minimum Gasteiger partial charge on any atom is -0.468 e. The molecule has 0 amide bonds. The molecular weight excluding hydrogens is 142 g/mol. The van der Waals surface area contributed by atoms with Gasteiger partial charge in [0.25, 0.3) is 0 Å². The van der Waals surface area contributed by atoms with Gasteiger partial charge in [-0.15, -0.1) is 6.58 Å². The van der Waals surface area contributed by atoms with Crippen LogP contribution >= 0.6 is 0 Å². The van der Waals surface area contributed by atoms with Gasteiger partial charge >= 0.3 is 5.97 Å². The Hall–Kier alpha value is -0.830. The smallest absolute Gasteiger partial charge is 0.317 e. The van der Waals surface area contributed by atoms with E-state index in [4.69, 9.17) is 0 Å². The van der Waals surface area contributed by atoms with Crippen LogP contribution in [-0.4, -0.2) is 26.2 Å². The highest BCUT2D eigenvalue weighted by Crippen LogP contribution is 2.27. The third-order valence-corrected chi connectivity index (χ3v) is 2.17. The summed E-state index contributed by atoms with van der Waals surface area (Å²) in [4.78, 5) is 11.2. The van der Waals surface area contributed by atoms with Gasteiger partial charge in [-0.1, -0.05) is 6.08 Å². The standard InChI is InChI=1S/C8H13NO2/c1-3-8(7(10)11-2)4-5-9-6-8/h3,9H,1,4-6H2,2H3. The van der Waals surface area contributed by atoms with Gasteiger partial charge in [0.15, 0.2) is 0 Å². The Morgan fingerprint density at radius 1 is 1.82 bits per heavy atom. The maximum atomic E-state index is 11.2. The van der Waals surface area contributed by atoms with Gasteiger partial charge in [-0.3, -0.25) is 4.79 Å². The van der Waals surface area contributed by atoms with E-state index in [2.05, 4.69) is 16.6 Å². The number of nitrogens with one attached hydrogen (secondary N) is 1. The third kappa shape index (κ3) is 1.28. The zero-order chi connectivity index (χ0) is 8.32. The lowest BCUT2D eigenvalue weighted by molar-refractivity contribution is -0.148. The van der Waals surface area contributed by atoms with Crippen molar-refractivity contribution < 1.29 is 9.53 Å². The topological polar surface area (TPSA) is 38.3 Å². The van der Waals surface area contributed by atoms with Crippen LogP contribution in [0.15, 0.2) is 12.7 Å². The number of hydrogen-bond donors (Lipinski definition) is 1. The first-order valence-corrected chi connectivity index (χ1v) is 3.68. The maximum Gasteiger partial charge on any atom is 0.317 e. The van der Waals surface area contributed by atoms with Gasteiger partial charge in [0.05, 0.1) is 12.5 Å². The van der Waals surface area contributed by atoms with Gasteiger partial charge in [0.2, 0.25) is 0 Å². The van der Waals surface area contributed by atoms with Gasteiger partial charge in [-0.25, -0.2) is 0 Å². The average molecular weight is 155 g/mol. The SMILES string of the molecule is C=CC1(C(=O)OC)CCNC1. The molecule has 1 N–H and O–H groups in total. The van der Waals surface area contributed by atoms with Gasteiger partial charge in [0.1, 0.15) is 0 Å². The van der Waals surface area contributed by atoms with E-state index in [0.717, 1.165) is 13.0 Å². The van der Waals surface area contributed by atoms with Crippen LogP contribution in [0.3, 0.4) is 0 Å². The van der Waals surface area contributed by atoms with Crippen molar-refractivity contribution in [1.82, 2.24) is 5.32 Å². The molecule has 11 heavy (non-hydrogen) atoms. The summed E-state index contributed by atoms with van der Waals surface area (Å²) in [6.45, 7) is 5.16. The fraction of sp³-hybridized carbons (Fsp3) is 0.625.